The summed E-state index contributed by atoms with van der Waals surface area (Å²) in [5.74, 6) is 0.335. The zero-order valence-corrected chi connectivity index (χ0v) is 18.4. The third-order valence-corrected chi connectivity index (χ3v) is 5.06. The predicted octanol–water partition coefficient (Wildman–Crippen LogP) is 4.13. The molecule has 0 atom stereocenters. The van der Waals surface area contributed by atoms with E-state index in [1.807, 2.05) is 24.3 Å². The molecule has 1 aromatic carbocycles. The van der Waals surface area contributed by atoms with Crippen LogP contribution >= 0.6 is 0 Å². The highest BCUT2D eigenvalue weighted by atomic mass is 16.6. The third-order valence-electron chi connectivity index (χ3n) is 5.06. The first kappa shape index (κ1) is 23.7. The average Bonchev–Trinajstić information content (AvgIpc) is 2.69. The fourth-order valence-electron chi connectivity index (χ4n) is 3.54. The largest absolute Gasteiger partial charge is 0.444 e. The van der Waals surface area contributed by atoms with Gasteiger partial charge in [-0.25, -0.2) is 4.79 Å². The van der Waals surface area contributed by atoms with Crippen molar-refractivity contribution in [3.8, 4) is 0 Å². The Balaban J connectivity index is 1.76. The predicted molar refractivity (Wildman–Crippen MR) is 117 cm³/mol. The van der Waals surface area contributed by atoms with Crippen molar-refractivity contribution in [2.24, 2.45) is 5.92 Å². The molecule has 7 nitrogen and oxygen atoms in total. The summed E-state index contributed by atoms with van der Waals surface area (Å²) in [4.78, 5) is 36.0. The summed E-state index contributed by atoms with van der Waals surface area (Å²) < 4.78 is 5.10. The van der Waals surface area contributed by atoms with Gasteiger partial charge in [0.15, 0.2) is 0 Å². The minimum Gasteiger partial charge on any atom is -0.444 e. The van der Waals surface area contributed by atoms with Gasteiger partial charge in [-0.3, -0.25) is 9.59 Å². The number of carbonyl (C=O) groups excluding carboxylic acids is 3. The van der Waals surface area contributed by atoms with Crippen molar-refractivity contribution in [3.63, 3.8) is 0 Å². The first-order valence-corrected chi connectivity index (χ1v) is 10.8. The van der Waals surface area contributed by atoms with E-state index in [0.29, 0.717) is 18.0 Å². The molecule has 0 bridgehead atoms. The Morgan fingerprint density at radius 2 is 1.70 bits per heavy atom. The summed E-state index contributed by atoms with van der Waals surface area (Å²) in [7, 11) is 0. The van der Waals surface area contributed by atoms with E-state index in [-0.39, 0.29) is 24.9 Å². The molecule has 0 spiro atoms. The van der Waals surface area contributed by atoms with Gasteiger partial charge >= 0.3 is 6.09 Å². The Labute approximate surface area is 179 Å². The van der Waals surface area contributed by atoms with Crippen molar-refractivity contribution in [3.05, 3.63) is 29.8 Å². The Morgan fingerprint density at radius 1 is 1.00 bits per heavy atom. The molecule has 1 aliphatic carbocycles. The van der Waals surface area contributed by atoms with Crippen LogP contribution in [0.1, 0.15) is 71.3 Å². The fraction of sp³-hybridized carbons (Fsp3) is 0.609. The Bertz CT molecular complexity index is 721. The van der Waals surface area contributed by atoms with Gasteiger partial charge < -0.3 is 20.7 Å². The van der Waals surface area contributed by atoms with E-state index in [1.54, 1.807) is 20.8 Å². The number of hydrogen-bond acceptors (Lipinski definition) is 4. The normalized spacial score (nSPS) is 14.6. The van der Waals surface area contributed by atoms with E-state index in [0.717, 1.165) is 12.0 Å². The molecular formula is C23H35N3O4. The van der Waals surface area contributed by atoms with Crippen LogP contribution in [0.4, 0.5) is 10.5 Å². The molecule has 0 heterocycles. The Hall–Kier alpha value is -2.57. The summed E-state index contributed by atoms with van der Waals surface area (Å²) in [6.45, 7) is 5.35. The van der Waals surface area contributed by atoms with E-state index < -0.39 is 11.7 Å². The lowest BCUT2D eigenvalue weighted by atomic mass is 9.86. The van der Waals surface area contributed by atoms with Gasteiger partial charge in [-0.05, 0) is 44.7 Å². The Kier molecular flexibility index (Phi) is 9.15. The average molecular weight is 418 g/mol. The molecule has 2 rings (SSSR count). The van der Waals surface area contributed by atoms with Gasteiger partial charge in [0, 0.05) is 18.7 Å². The molecule has 0 aliphatic heterocycles. The van der Waals surface area contributed by atoms with Gasteiger partial charge in [0.25, 0.3) is 0 Å². The van der Waals surface area contributed by atoms with Crippen molar-refractivity contribution >= 4 is 23.6 Å². The number of alkyl carbamates (subject to hydrolysis) is 1. The first-order chi connectivity index (χ1) is 14.2. The lowest BCUT2D eigenvalue weighted by molar-refractivity contribution is -0.120. The highest BCUT2D eigenvalue weighted by molar-refractivity contribution is 5.91. The van der Waals surface area contributed by atoms with Crippen molar-refractivity contribution in [1.29, 1.82) is 0 Å². The molecule has 7 heteroatoms. The lowest BCUT2D eigenvalue weighted by Crippen LogP contribution is -2.39. The molecule has 1 fully saturated rings. The second-order valence-corrected chi connectivity index (χ2v) is 8.88. The highest BCUT2D eigenvalue weighted by Crippen LogP contribution is 2.27. The standard InChI is InChI=1S/C23H35N3O4/c1-23(2,3)30-22(29)25-16-21(28)24-15-18-11-7-8-12-19(18)26-20(27)14-13-17-9-5-4-6-10-17/h7-8,11-12,17H,4-6,9-10,13-16H2,1-3H3,(H,24,28)(H,25,29)(H,26,27). The SMILES string of the molecule is CC(C)(C)OC(=O)NCC(=O)NCc1ccccc1NC(=O)CCC1CCCCC1. The topological polar surface area (TPSA) is 96.5 Å². The lowest BCUT2D eigenvalue weighted by Gasteiger charge is -2.21. The van der Waals surface area contributed by atoms with Crippen LogP contribution in [-0.4, -0.2) is 30.1 Å². The van der Waals surface area contributed by atoms with Crippen molar-refractivity contribution in [2.45, 2.75) is 77.9 Å². The number of hydrogen-bond donors (Lipinski definition) is 3. The van der Waals surface area contributed by atoms with Crippen LogP contribution in [0.3, 0.4) is 0 Å². The van der Waals surface area contributed by atoms with Crippen LogP contribution in [0, 0.1) is 5.92 Å². The van der Waals surface area contributed by atoms with Crippen molar-refractivity contribution < 1.29 is 19.1 Å². The van der Waals surface area contributed by atoms with Crippen molar-refractivity contribution in [2.75, 3.05) is 11.9 Å². The number of nitrogens with one attached hydrogen (secondary N) is 3. The summed E-state index contributed by atoms with van der Waals surface area (Å²) in [6.07, 6.45) is 7.14. The number of benzene rings is 1. The summed E-state index contributed by atoms with van der Waals surface area (Å²) in [5.41, 5.74) is 0.898. The quantitative estimate of drug-likeness (QED) is 0.593. The van der Waals surface area contributed by atoms with Gasteiger partial charge in [0.1, 0.15) is 12.1 Å². The molecule has 3 amide bonds. The minimum atomic E-state index is -0.636. The zero-order valence-electron chi connectivity index (χ0n) is 18.4. The Morgan fingerprint density at radius 3 is 2.40 bits per heavy atom. The number of rotatable bonds is 8. The van der Waals surface area contributed by atoms with E-state index in [9.17, 15) is 14.4 Å². The maximum absolute atomic E-state index is 12.4. The third kappa shape index (κ3) is 9.29. The highest BCUT2D eigenvalue weighted by Gasteiger charge is 2.17. The second-order valence-electron chi connectivity index (χ2n) is 8.88. The molecule has 0 unspecified atom stereocenters. The van der Waals surface area contributed by atoms with Crippen LogP contribution in [0.5, 0.6) is 0 Å². The molecule has 1 aliphatic rings. The van der Waals surface area contributed by atoms with Crippen LogP contribution in [0.25, 0.3) is 0 Å². The number of anilines is 1. The molecule has 166 valence electrons. The van der Waals surface area contributed by atoms with E-state index in [2.05, 4.69) is 16.0 Å². The van der Waals surface area contributed by atoms with Gasteiger partial charge in [-0.15, -0.1) is 0 Å². The van der Waals surface area contributed by atoms with Crippen LogP contribution in [-0.2, 0) is 20.9 Å². The van der Waals surface area contributed by atoms with Crippen molar-refractivity contribution in [1.82, 2.24) is 10.6 Å². The van der Waals surface area contributed by atoms with Crippen LogP contribution < -0.4 is 16.0 Å². The van der Waals surface area contributed by atoms with Gasteiger partial charge in [-0.1, -0.05) is 50.3 Å². The molecule has 0 aromatic heterocycles. The van der Waals surface area contributed by atoms with E-state index in [1.165, 1.54) is 32.1 Å². The molecule has 0 radical (unpaired) electrons. The van der Waals surface area contributed by atoms with E-state index in [4.69, 9.17) is 4.74 Å². The van der Waals surface area contributed by atoms with Gasteiger partial charge in [0.2, 0.25) is 11.8 Å². The zero-order chi connectivity index (χ0) is 22.0. The maximum Gasteiger partial charge on any atom is 0.408 e. The number of amides is 3. The number of para-hydroxylation sites is 1. The van der Waals surface area contributed by atoms with Crippen LogP contribution in [0.15, 0.2) is 24.3 Å². The molecule has 3 N–H and O–H groups in total. The maximum atomic E-state index is 12.4. The fourth-order valence-corrected chi connectivity index (χ4v) is 3.54. The molecular weight excluding hydrogens is 382 g/mol. The van der Waals surface area contributed by atoms with Gasteiger partial charge in [-0.2, -0.15) is 0 Å². The van der Waals surface area contributed by atoms with E-state index >= 15 is 0 Å². The molecule has 1 aromatic rings. The summed E-state index contributed by atoms with van der Waals surface area (Å²) in [6, 6.07) is 7.40. The minimum absolute atomic E-state index is 0.00550. The second kappa shape index (κ2) is 11.6. The summed E-state index contributed by atoms with van der Waals surface area (Å²) >= 11 is 0. The smallest absolute Gasteiger partial charge is 0.408 e. The van der Waals surface area contributed by atoms with Gasteiger partial charge in [0.05, 0.1) is 0 Å². The molecule has 1 saturated carbocycles. The van der Waals surface area contributed by atoms with Crippen LogP contribution in [0.2, 0.25) is 0 Å². The molecule has 30 heavy (non-hydrogen) atoms. The summed E-state index contributed by atoms with van der Waals surface area (Å²) in [5, 5.41) is 8.15. The number of ether oxygens (including phenoxy) is 1. The monoisotopic (exact) mass is 417 g/mol. The first-order valence-electron chi connectivity index (χ1n) is 10.8. The molecule has 0 saturated heterocycles. The number of carbonyl (C=O) groups is 3.